The smallest absolute Gasteiger partial charge is 0.165 e. The van der Waals surface area contributed by atoms with Crippen molar-refractivity contribution in [2.75, 3.05) is 37.6 Å². The number of halogens is 1. The Labute approximate surface area is 107 Å². The first-order valence-corrected chi connectivity index (χ1v) is 6.26. The minimum Gasteiger partial charge on any atom is -0.389 e. The first kappa shape index (κ1) is 13.2. The van der Waals surface area contributed by atoms with Crippen LogP contribution in [-0.4, -0.2) is 53.3 Å². The summed E-state index contributed by atoms with van der Waals surface area (Å²) >= 11 is 0. The van der Waals surface area contributed by atoms with Gasteiger partial charge in [0.05, 0.1) is 5.60 Å². The summed E-state index contributed by atoms with van der Waals surface area (Å²) in [5.41, 5.74) is -0.682. The summed E-state index contributed by atoms with van der Waals surface area (Å²) in [5, 5.41) is 9.77. The molecule has 1 fully saturated rings. The van der Waals surface area contributed by atoms with Crippen LogP contribution in [0.2, 0.25) is 0 Å². The van der Waals surface area contributed by atoms with Crippen LogP contribution < -0.4 is 4.90 Å². The predicted molar refractivity (Wildman–Crippen MR) is 69.1 cm³/mol. The summed E-state index contributed by atoms with van der Waals surface area (Å²) in [6.45, 7) is 7.37. The average Bonchev–Trinajstić information content (AvgIpc) is 2.29. The van der Waals surface area contributed by atoms with E-state index >= 15 is 0 Å². The molecule has 0 amide bonds. The molecule has 4 nitrogen and oxygen atoms in total. The maximum atomic E-state index is 13.6. The quantitative estimate of drug-likeness (QED) is 0.876. The predicted octanol–water partition coefficient (Wildman–Crippen LogP) is 1.11. The van der Waals surface area contributed by atoms with Crippen molar-refractivity contribution in [2.45, 2.75) is 19.4 Å². The Morgan fingerprint density at radius 1 is 1.33 bits per heavy atom. The zero-order valence-electron chi connectivity index (χ0n) is 10.9. The Morgan fingerprint density at radius 3 is 2.56 bits per heavy atom. The largest absolute Gasteiger partial charge is 0.389 e. The molecule has 1 aromatic heterocycles. The second-order valence-corrected chi connectivity index (χ2v) is 5.38. The fraction of sp³-hybridized carbons (Fsp3) is 0.615. The topological polar surface area (TPSA) is 39.6 Å². The maximum absolute atomic E-state index is 13.6. The second-order valence-electron chi connectivity index (χ2n) is 5.38. The van der Waals surface area contributed by atoms with Crippen LogP contribution in [0.1, 0.15) is 13.8 Å². The molecule has 18 heavy (non-hydrogen) atoms. The van der Waals surface area contributed by atoms with Gasteiger partial charge in [-0.1, -0.05) is 0 Å². The first-order chi connectivity index (χ1) is 8.46. The van der Waals surface area contributed by atoms with E-state index in [4.69, 9.17) is 0 Å². The molecule has 0 bridgehead atoms. The van der Waals surface area contributed by atoms with Gasteiger partial charge >= 0.3 is 0 Å². The Hall–Kier alpha value is -1.20. The molecule has 0 radical (unpaired) electrons. The molecule has 1 aliphatic rings. The average molecular weight is 253 g/mol. The van der Waals surface area contributed by atoms with Crippen molar-refractivity contribution in [1.82, 2.24) is 9.88 Å². The molecule has 1 aromatic rings. The Morgan fingerprint density at radius 2 is 2.00 bits per heavy atom. The lowest BCUT2D eigenvalue weighted by Crippen LogP contribution is -2.50. The third-order valence-electron chi connectivity index (χ3n) is 3.02. The number of nitrogens with zero attached hydrogens (tertiary/aromatic N) is 3. The lowest BCUT2D eigenvalue weighted by atomic mass is 10.1. The van der Waals surface area contributed by atoms with Gasteiger partial charge in [0.15, 0.2) is 11.6 Å². The number of aromatic nitrogens is 1. The molecule has 0 saturated carbocycles. The highest BCUT2D eigenvalue weighted by atomic mass is 19.1. The minimum atomic E-state index is -0.682. The van der Waals surface area contributed by atoms with Crippen molar-refractivity contribution in [3.8, 4) is 0 Å². The van der Waals surface area contributed by atoms with E-state index in [0.29, 0.717) is 12.4 Å². The van der Waals surface area contributed by atoms with Crippen LogP contribution in [0, 0.1) is 5.82 Å². The van der Waals surface area contributed by atoms with Crippen LogP contribution in [-0.2, 0) is 0 Å². The van der Waals surface area contributed by atoms with Gasteiger partial charge in [0.2, 0.25) is 0 Å². The fourth-order valence-corrected chi connectivity index (χ4v) is 2.28. The van der Waals surface area contributed by atoms with Gasteiger partial charge < -0.3 is 10.0 Å². The number of hydrogen-bond acceptors (Lipinski definition) is 4. The van der Waals surface area contributed by atoms with Crippen LogP contribution in [0.3, 0.4) is 0 Å². The minimum absolute atomic E-state index is 0.270. The van der Waals surface area contributed by atoms with Gasteiger partial charge in [-0.15, -0.1) is 0 Å². The molecule has 2 heterocycles. The lowest BCUT2D eigenvalue weighted by molar-refractivity contribution is 0.0344. The van der Waals surface area contributed by atoms with Gasteiger partial charge in [-0.3, -0.25) is 4.90 Å². The van der Waals surface area contributed by atoms with E-state index in [1.807, 2.05) is 4.90 Å². The van der Waals surface area contributed by atoms with E-state index in [2.05, 4.69) is 9.88 Å². The molecule has 0 atom stereocenters. The van der Waals surface area contributed by atoms with Crippen LogP contribution in [0.15, 0.2) is 18.3 Å². The van der Waals surface area contributed by atoms with Crippen molar-refractivity contribution in [3.05, 3.63) is 24.1 Å². The molecule has 2 rings (SSSR count). The monoisotopic (exact) mass is 253 g/mol. The molecule has 1 saturated heterocycles. The van der Waals surface area contributed by atoms with Crippen LogP contribution in [0.25, 0.3) is 0 Å². The van der Waals surface area contributed by atoms with Gasteiger partial charge in [0.1, 0.15) is 0 Å². The zero-order chi connectivity index (χ0) is 13.2. The molecule has 0 aliphatic carbocycles. The maximum Gasteiger partial charge on any atom is 0.165 e. The number of hydrogen-bond donors (Lipinski definition) is 1. The van der Waals surface area contributed by atoms with Gasteiger partial charge in [-0.2, -0.15) is 0 Å². The zero-order valence-corrected chi connectivity index (χ0v) is 10.9. The molecular formula is C13H20FN3O. The number of β-amino-alcohol motifs (C(OH)–C–C–N with tert-alkyl or cyclic N) is 1. The van der Waals surface area contributed by atoms with E-state index in [9.17, 15) is 9.50 Å². The first-order valence-electron chi connectivity index (χ1n) is 6.26. The van der Waals surface area contributed by atoms with E-state index in [-0.39, 0.29) is 5.82 Å². The SMILES string of the molecule is CC(C)(O)CN1CCN(c2ncccc2F)CC1. The molecule has 5 heteroatoms. The summed E-state index contributed by atoms with van der Waals surface area (Å²) in [6.07, 6.45) is 1.61. The van der Waals surface area contributed by atoms with Gasteiger partial charge in [0, 0.05) is 38.9 Å². The van der Waals surface area contributed by atoms with Crippen molar-refractivity contribution in [2.24, 2.45) is 0 Å². The number of anilines is 1. The van der Waals surface area contributed by atoms with Crippen molar-refractivity contribution >= 4 is 5.82 Å². The van der Waals surface area contributed by atoms with E-state index in [0.717, 1.165) is 26.2 Å². The highest BCUT2D eigenvalue weighted by molar-refractivity contribution is 5.40. The summed E-state index contributed by atoms with van der Waals surface area (Å²) in [7, 11) is 0. The van der Waals surface area contributed by atoms with E-state index in [1.54, 1.807) is 26.1 Å². The molecule has 0 aromatic carbocycles. The molecule has 1 aliphatic heterocycles. The second kappa shape index (κ2) is 5.20. The third-order valence-corrected chi connectivity index (χ3v) is 3.02. The third kappa shape index (κ3) is 3.40. The Kier molecular flexibility index (Phi) is 3.82. The van der Waals surface area contributed by atoms with Crippen LogP contribution >= 0.6 is 0 Å². The van der Waals surface area contributed by atoms with E-state index < -0.39 is 5.60 Å². The molecule has 1 N–H and O–H groups in total. The molecule has 0 spiro atoms. The number of piperazine rings is 1. The summed E-state index contributed by atoms with van der Waals surface area (Å²) in [4.78, 5) is 8.23. The van der Waals surface area contributed by atoms with Crippen LogP contribution in [0.5, 0.6) is 0 Å². The highest BCUT2D eigenvalue weighted by Gasteiger charge is 2.24. The normalized spacial score (nSPS) is 18.1. The number of aliphatic hydroxyl groups is 1. The highest BCUT2D eigenvalue weighted by Crippen LogP contribution is 2.17. The number of pyridine rings is 1. The lowest BCUT2D eigenvalue weighted by Gasteiger charge is -2.37. The standard InChI is InChI=1S/C13H20FN3O/c1-13(2,18)10-16-6-8-17(9-7-16)12-11(14)4-3-5-15-12/h3-5,18H,6-10H2,1-2H3. The van der Waals surface area contributed by atoms with Gasteiger partial charge in [-0.25, -0.2) is 9.37 Å². The van der Waals surface area contributed by atoms with Crippen molar-refractivity contribution in [1.29, 1.82) is 0 Å². The van der Waals surface area contributed by atoms with Gasteiger partial charge in [-0.05, 0) is 26.0 Å². The van der Waals surface area contributed by atoms with E-state index in [1.165, 1.54) is 6.07 Å². The van der Waals surface area contributed by atoms with Gasteiger partial charge in [0.25, 0.3) is 0 Å². The summed E-state index contributed by atoms with van der Waals surface area (Å²) < 4.78 is 13.6. The number of rotatable bonds is 3. The Balaban J connectivity index is 1.93. The summed E-state index contributed by atoms with van der Waals surface area (Å²) in [6, 6.07) is 3.04. The Bertz CT molecular complexity index is 397. The summed E-state index contributed by atoms with van der Waals surface area (Å²) in [5.74, 6) is 0.161. The van der Waals surface area contributed by atoms with Crippen molar-refractivity contribution < 1.29 is 9.50 Å². The molecular weight excluding hydrogens is 233 g/mol. The van der Waals surface area contributed by atoms with Crippen LogP contribution in [0.4, 0.5) is 10.2 Å². The molecule has 0 unspecified atom stereocenters. The molecule has 100 valence electrons. The van der Waals surface area contributed by atoms with Crippen molar-refractivity contribution in [3.63, 3.8) is 0 Å². The fourth-order valence-electron chi connectivity index (χ4n) is 2.28.